The molecule has 2 saturated heterocycles. The van der Waals surface area contributed by atoms with Gasteiger partial charge in [-0.3, -0.25) is 9.59 Å². The van der Waals surface area contributed by atoms with Crippen LogP contribution in [0, 0.1) is 6.92 Å². The van der Waals surface area contributed by atoms with Crippen molar-refractivity contribution in [2.45, 2.75) is 43.2 Å². The largest absolute Gasteiger partial charge is 0.435 e. The van der Waals surface area contributed by atoms with E-state index < -0.39 is 49.6 Å². The number of amides is 2. The SMILES string of the molecule is Cc1c(N2CCCC2=O)cccc1S(=O)(=O)N([C@@H](Cc1cc(-c2ccc(Cl)s2)on1)C(=O)N1CCNCC1)C(F)(F)C(=O)OF. The molecule has 18 heteroatoms. The fourth-order valence-corrected chi connectivity index (χ4v) is 8.19. The van der Waals surface area contributed by atoms with Gasteiger partial charge in [-0.25, -0.2) is 18.2 Å². The van der Waals surface area contributed by atoms with Crippen LogP contribution in [0.1, 0.15) is 24.1 Å². The Labute approximate surface area is 264 Å². The minimum Gasteiger partial charge on any atom is -0.355 e. The van der Waals surface area contributed by atoms with Crippen LogP contribution in [0.3, 0.4) is 0 Å². The summed E-state index contributed by atoms with van der Waals surface area (Å²) in [6.45, 7) is 2.21. The number of thiophene rings is 1. The van der Waals surface area contributed by atoms with Crippen LogP contribution >= 0.6 is 22.9 Å². The van der Waals surface area contributed by atoms with E-state index in [4.69, 9.17) is 16.1 Å². The summed E-state index contributed by atoms with van der Waals surface area (Å²) in [5.74, 6) is -4.06. The lowest BCUT2D eigenvalue weighted by Crippen LogP contribution is -2.62. The second-order valence-corrected chi connectivity index (χ2v) is 13.8. The summed E-state index contributed by atoms with van der Waals surface area (Å²) in [7, 11) is -5.52. The van der Waals surface area contributed by atoms with Gasteiger partial charge in [-0.2, -0.15) is 8.78 Å². The number of nitrogens with one attached hydrogen (secondary N) is 1. The molecule has 2 amide bonds. The molecular weight excluding hydrogens is 663 g/mol. The predicted molar refractivity (Wildman–Crippen MR) is 156 cm³/mol. The van der Waals surface area contributed by atoms with Crippen molar-refractivity contribution in [2.75, 3.05) is 37.6 Å². The van der Waals surface area contributed by atoms with Crippen molar-refractivity contribution in [3.05, 3.63) is 52.0 Å². The Morgan fingerprint density at radius 1 is 1.22 bits per heavy atom. The molecule has 0 unspecified atom stereocenters. The van der Waals surface area contributed by atoms with Gasteiger partial charge >= 0.3 is 12.0 Å². The van der Waals surface area contributed by atoms with E-state index in [1.54, 1.807) is 12.1 Å². The average Bonchev–Trinajstić information content (AvgIpc) is 3.77. The Kier molecular flexibility index (Phi) is 9.55. The molecule has 0 bridgehead atoms. The van der Waals surface area contributed by atoms with Crippen LogP contribution in [0.15, 0.2) is 45.8 Å². The first-order chi connectivity index (χ1) is 21.4. The van der Waals surface area contributed by atoms with Gasteiger partial charge in [0.2, 0.25) is 21.8 Å². The van der Waals surface area contributed by atoms with Crippen LogP contribution in [-0.2, 0) is 35.8 Å². The Bertz CT molecular complexity index is 1710. The third-order valence-electron chi connectivity index (χ3n) is 7.52. The number of alkyl halides is 2. The maximum Gasteiger partial charge on any atom is 0.435 e. The lowest BCUT2D eigenvalue weighted by atomic mass is 10.1. The Balaban J connectivity index is 1.64. The van der Waals surface area contributed by atoms with E-state index in [0.29, 0.717) is 15.6 Å². The second-order valence-electron chi connectivity index (χ2n) is 10.3. The molecule has 4 heterocycles. The quantitative estimate of drug-likeness (QED) is 0.316. The average molecular weight is 690 g/mol. The van der Waals surface area contributed by atoms with Gasteiger partial charge < -0.3 is 19.6 Å². The standard InChI is InChI=1S/C27H27ClF3N5O7S2/c1-16-18(35-11-3-6-24(35)37)4-2-5-22(16)45(40,41)36(27(29,30)26(39)42-31)19(25(38)34-12-9-32-10-13-34)14-17-15-20(43-33-17)21-7-8-23(28)44-21/h2,4-5,7-8,15,19,32H,3,6,9-14H2,1H3/t19-/m0/s1. The van der Waals surface area contributed by atoms with E-state index in [2.05, 4.69) is 15.4 Å². The Hall–Kier alpha value is -3.51. The highest BCUT2D eigenvalue weighted by molar-refractivity contribution is 7.89. The Morgan fingerprint density at radius 2 is 1.96 bits per heavy atom. The van der Waals surface area contributed by atoms with Gasteiger partial charge in [-0.1, -0.05) is 22.8 Å². The number of anilines is 1. The van der Waals surface area contributed by atoms with Crippen LogP contribution in [0.5, 0.6) is 0 Å². The summed E-state index contributed by atoms with van der Waals surface area (Å²) < 4.78 is 78.7. The predicted octanol–water partition coefficient (Wildman–Crippen LogP) is 3.55. The van der Waals surface area contributed by atoms with Gasteiger partial charge in [-0.15, -0.1) is 15.6 Å². The molecule has 1 atom stereocenters. The number of hydrogen-bond donors (Lipinski definition) is 1. The number of halogens is 4. The van der Waals surface area contributed by atoms with Crippen LogP contribution in [0.2, 0.25) is 4.34 Å². The van der Waals surface area contributed by atoms with Crippen LogP contribution in [0.4, 0.5) is 19.0 Å². The molecule has 3 aromatic rings. The minimum atomic E-state index is -5.52. The molecule has 5 rings (SSSR count). The summed E-state index contributed by atoms with van der Waals surface area (Å²) in [5.41, 5.74) is -0.0507. The van der Waals surface area contributed by atoms with E-state index in [1.165, 1.54) is 30.0 Å². The number of hydrogen-bond acceptors (Lipinski definition) is 10. The highest BCUT2D eigenvalue weighted by Gasteiger charge is 2.59. The molecule has 2 aromatic heterocycles. The topological polar surface area (TPSA) is 142 Å². The molecule has 2 aliphatic heterocycles. The molecule has 242 valence electrons. The third kappa shape index (κ3) is 6.44. The molecule has 0 saturated carbocycles. The lowest BCUT2D eigenvalue weighted by molar-refractivity contribution is -0.230. The van der Waals surface area contributed by atoms with Gasteiger partial charge in [0.05, 0.1) is 19.8 Å². The third-order valence-corrected chi connectivity index (χ3v) is 10.8. The highest BCUT2D eigenvalue weighted by Crippen LogP contribution is 2.38. The Morgan fingerprint density at radius 3 is 2.58 bits per heavy atom. The maximum absolute atomic E-state index is 15.9. The molecule has 0 aliphatic carbocycles. The normalized spacial score (nSPS) is 16.8. The molecule has 2 aliphatic rings. The number of nitrogens with zero attached hydrogens (tertiary/aromatic N) is 4. The van der Waals surface area contributed by atoms with Gasteiger partial charge in [0.1, 0.15) is 6.04 Å². The number of benzene rings is 1. The van der Waals surface area contributed by atoms with Gasteiger partial charge in [0, 0.05) is 61.8 Å². The number of aromatic nitrogens is 1. The molecular formula is C27H27ClF3N5O7S2. The first-order valence-electron chi connectivity index (χ1n) is 13.7. The molecule has 1 N–H and O–H groups in total. The van der Waals surface area contributed by atoms with E-state index in [1.807, 2.05) is 0 Å². The van der Waals surface area contributed by atoms with Crippen LogP contribution in [0.25, 0.3) is 10.6 Å². The van der Waals surface area contributed by atoms with E-state index >= 15 is 8.78 Å². The molecule has 1 aromatic carbocycles. The number of carbonyl (C=O) groups excluding carboxylic acids is 3. The summed E-state index contributed by atoms with van der Waals surface area (Å²) in [6.07, 6.45) is -0.0783. The number of piperazine rings is 1. The molecule has 2 fully saturated rings. The summed E-state index contributed by atoms with van der Waals surface area (Å²) >= 11 is 7.12. The van der Waals surface area contributed by atoms with Crippen molar-refractivity contribution in [1.82, 2.24) is 19.7 Å². The molecule has 0 spiro atoms. The molecule has 12 nitrogen and oxygen atoms in total. The van der Waals surface area contributed by atoms with E-state index in [-0.39, 0.29) is 67.8 Å². The zero-order valence-electron chi connectivity index (χ0n) is 23.7. The number of sulfonamides is 1. The number of carbonyl (C=O) groups is 3. The summed E-state index contributed by atoms with van der Waals surface area (Å²) in [5, 5.41) is 6.85. The zero-order valence-corrected chi connectivity index (χ0v) is 26.1. The van der Waals surface area contributed by atoms with Gasteiger partial charge in [-0.05, 0) is 43.2 Å². The van der Waals surface area contributed by atoms with Gasteiger partial charge in [0.25, 0.3) is 0 Å². The first kappa shape index (κ1) is 32.9. The van der Waals surface area contributed by atoms with Crippen molar-refractivity contribution in [1.29, 1.82) is 0 Å². The molecule has 0 radical (unpaired) electrons. The zero-order chi connectivity index (χ0) is 32.5. The van der Waals surface area contributed by atoms with E-state index in [9.17, 15) is 27.3 Å². The van der Waals surface area contributed by atoms with Gasteiger partial charge in [0.15, 0.2) is 5.76 Å². The number of rotatable bonds is 10. The van der Waals surface area contributed by atoms with Crippen molar-refractivity contribution in [3.8, 4) is 10.6 Å². The smallest absolute Gasteiger partial charge is 0.355 e. The molecule has 45 heavy (non-hydrogen) atoms. The fraction of sp³-hybridized carbons (Fsp3) is 0.407. The van der Waals surface area contributed by atoms with Crippen LogP contribution < -0.4 is 10.2 Å². The van der Waals surface area contributed by atoms with Crippen molar-refractivity contribution in [2.24, 2.45) is 0 Å². The fourth-order valence-electron chi connectivity index (χ4n) is 5.37. The van der Waals surface area contributed by atoms with E-state index in [0.717, 1.165) is 22.3 Å². The van der Waals surface area contributed by atoms with Crippen molar-refractivity contribution >= 4 is 56.4 Å². The first-order valence-corrected chi connectivity index (χ1v) is 16.4. The van der Waals surface area contributed by atoms with Crippen LogP contribution in [-0.4, -0.2) is 85.4 Å². The second kappa shape index (κ2) is 13.1. The maximum atomic E-state index is 15.9. The highest BCUT2D eigenvalue weighted by atomic mass is 35.5. The summed E-state index contributed by atoms with van der Waals surface area (Å²) in [4.78, 5) is 43.7. The lowest BCUT2D eigenvalue weighted by Gasteiger charge is -2.37. The minimum absolute atomic E-state index is 0.0334. The van der Waals surface area contributed by atoms with Crippen molar-refractivity contribution in [3.63, 3.8) is 0 Å². The monoisotopic (exact) mass is 689 g/mol. The summed E-state index contributed by atoms with van der Waals surface area (Å²) in [6, 6.07) is 0.695. The van der Waals surface area contributed by atoms with Crippen molar-refractivity contribution < 1.29 is 45.6 Å².